The number of nitrogens with zero attached hydrogens (tertiary/aromatic N) is 2. The van der Waals surface area contributed by atoms with Crippen LogP contribution in [0.25, 0.3) is 0 Å². The number of carbonyl (C=O) groups excluding carboxylic acids is 10. The van der Waals surface area contributed by atoms with E-state index in [1.54, 1.807) is 36.4 Å². The first-order valence-corrected chi connectivity index (χ1v) is 20.5. The summed E-state index contributed by atoms with van der Waals surface area (Å²) in [5, 5.41) is 9.65. The average molecular weight is 871 g/mol. The normalized spacial score (nSPS) is 17.8. The van der Waals surface area contributed by atoms with Crippen LogP contribution in [0, 0.1) is 26.6 Å². The van der Waals surface area contributed by atoms with E-state index in [9.17, 15) is 52.3 Å². The number of piperidine rings is 2. The molecule has 4 aliphatic heterocycles. The predicted octanol–water partition coefficient (Wildman–Crippen LogP) is 2.96. The monoisotopic (exact) mass is 870 g/mol. The van der Waals surface area contributed by atoms with Crippen molar-refractivity contribution in [2.24, 2.45) is 0 Å². The number of nitrogens with one attached hydrogen (secondary N) is 4. The number of carbonyl (C=O) groups is 10. The molecule has 64 heavy (non-hydrogen) atoms. The number of halogens is 1. The molecule has 0 aromatic heterocycles. The van der Waals surface area contributed by atoms with E-state index in [0.29, 0.717) is 34.2 Å². The Morgan fingerprint density at radius 1 is 0.625 bits per heavy atom. The van der Waals surface area contributed by atoms with Crippen LogP contribution in [0.3, 0.4) is 0 Å². The summed E-state index contributed by atoms with van der Waals surface area (Å²) in [4.78, 5) is 125. The smallest absolute Gasteiger partial charge is 0.292 e. The van der Waals surface area contributed by atoms with Crippen molar-refractivity contribution in [1.82, 2.24) is 31.1 Å². The highest BCUT2D eigenvalue weighted by Crippen LogP contribution is 2.30. The van der Waals surface area contributed by atoms with Gasteiger partial charge < -0.3 is 20.4 Å². The molecule has 4 N–H and O–H groups in total. The van der Waals surface area contributed by atoms with Crippen LogP contribution in [0.4, 0.5) is 4.39 Å². The van der Waals surface area contributed by atoms with Crippen molar-refractivity contribution in [3.05, 3.63) is 140 Å². The van der Waals surface area contributed by atoms with Gasteiger partial charge in [-0.15, -0.1) is 0 Å². The first-order valence-electron chi connectivity index (χ1n) is 20.5. The second-order valence-corrected chi connectivity index (χ2v) is 16.1. The van der Waals surface area contributed by atoms with E-state index >= 15 is 0 Å². The molecule has 0 spiro atoms. The van der Waals surface area contributed by atoms with E-state index in [-0.39, 0.29) is 74.6 Å². The summed E-state index contributed by atoms with van der Waals surface area (Å²) < 4.78 is 13.7. The Bertz CT molecular complexity index is 2690. The summed E-state index contributed by atoms with van der Waals surface area (Å²) in [6.45, 7) is 6.17. The average Bonchev–Trinajstić information content (AvgIpc) is 3.75. The topological polar surface area (TPSA) is 225 Å². The van der Waals surface area contributed by atoms with E-state index in [1.807, 2.05) is 32.9 Å². The van der Waals surface area contributed by atoms with Crippen LogP contribution in [0.15, 0.2) is 72.8 Å². The molecule has 8 amide bonds. The number of imide groups is 2. The van der Waals surface area contributed by atoms with Crippen LogP contribution >= 0.6 is 0 Å². The molecule has 0 saturated carbocycles. The molecule has 4 aromatic rings. The molecule has 2 saturated heterocycles. The van der Waals surface area contributed by atoms with E-state index in [1.165, 1.54) is 28.0 Å². The minimum Gasteiger partial charge on any atom is -0.345 e. The van der Waals surface area contributed by atoms with Crippen LogP contribution in [-0.4, -0.2) is 80.7 Å². The van der Waals surface area contributed by atoms with Crippen molar-refractivity contribution in [2.75, 3.05) is 0 Å². The van der Waals surface area contributed by atoms with Gasteiger partial charge in [-0.1, -0.05) is 54.1 Å². The van der Waals surface area contributed by atoms with Crippen molar-refractivity contribution in [3.63, 3.8) is 0 Å². The zero-order valence-corrected chi connectivity index (χ0v) is 35.1. The molecule has 2 atom stereocenters. The zero-order valence-electron chi connectivity index (χ0n) is 35.1. The third-order valence-corrected chi connectivity index (χ3v) is 11.5. The van der Waals surface area contributed by atoms with E-state index in [2.05, 4.69) is 21.3 Å². The molecule has 2 fully saturated rings. The molecule has 8 rings (SSSR count). The molecule has 16 nitrogen and oxygen atoms in total. The third-order valence-electron chi connectivity index (χ3n) is 11.5. The van der Waals surface area contributed by atoms with Gasteiger partial charge in [-0.05, 0) is 91.3 Å². The molecular weight excluding hydrogens is 828 g/mol. The molecule has 0 bridgehead atoms. The summed E-state index contributed by atoms with van der Waals surface area (Å²) in [7, 11) is 0. The van der Waals surface area contributed by atoms with Gasteiger partial charge in [0.25, 0.3) is 35.2 Å². The van der Waals surface area contributed by atoms with Crippen molar-refractivity contribution >= 4 is 58.8 Å². The number of hydrogen-bond acceptors (Lipinski definition) is 10. The van der Waals surface area contributed by atoms with Gasteiger partial charge in [0.05, 0.1) is 5.56 Å². The number of ketones is 2. The largest absolute Gasteiger partial charge is 0.345 e. The summed E-state index contributed by atoms with van der Waals surface area (Å²) in [5.74, 6) is -6.13. The number of amides is 8. The minimum atomic E-state index is -0.974. The number of Topliss-reactive ketones (excluding diaryl/α,β-unsaturated/α-hetero) is 2. The molecule has 4 aromatic carbocycles. The Morgan fingerprint density at radius 2 is 1.08 bits per heavy atom. The molecular formula is C47H43FN6O10. The lowest BCUT2D eigenvalue weighted by molar-refractivity contribution is -0.138. The molecule has 17 heteroatoms. The van der Waals surface area contributed by atoms with Crippen molar-refractivity contribution in [3.8, 4) is 0 Å². The highest BCUT2D eigenvalue weighted by molar-refractivity contribution is 6.43. The molecule has 4 heterocycles. The molecule has 0 aliphatic carbocycles. The van der Waals surface area contributed by atoms with Gasteiger partial charge in [-0.3, -0.25) is 58.6 Å². The van der Waals surface area contributed by atoms with Crippen LogP contribution in [-0.2, 0) is 54.9 Å². The first kappa shape index (κ1) is 44.4. The third kappa shape index (κ3) is 9.23. The summed E-state index contributed by atoms with van der Waals surface area (Å²) in [6.07, 6.45) is 0.935. The fraction of sp³-hybridized carbons (Fsp3) is 0.277. The number of aryl methyl sites for hydroxylation is 3. The fourth-order valence-corrected chi connectivity index (χ4v) is 8.42. The van der Waals surface area contributed by atoms with Gasteiger partial charge in [0.15, 0.2) is 0 Å². The molecule has 2 unspecified atom stereocenters. The second kappa shape index (κ2) is 18.3. The highest BCUT2D eigenvalue weighted by Gasteiger charge is 2.40. The Balaban J connectivity index is 0.000000192. The quantitative estimate of drug-likeness (QED) is 0.104. The van der Waals surface area contributed by atoms with Crippen LogP contribution in [0.1, 0.15) is 106 Å². The predicted molar refractivity (Wildman–Crippen MR) is 224 cm³/mol. The Hall–Kier alpha value is -7.69. The lowest BCUT2D eigenvalue weighted by Gasteiger charge is -2.29. The maximum absolute atomic E-state index is 13.7. The van der Waals surface area contributed by atoms with Gasteiger partial charge in [0.1, 0.15) is 17.9 Å². The van der Waals surface area contributed by atoms with Crippen molar-refractivity contribution < 1.29 is 52.3 Å². The number of fused-ring (bicyclic) bond motifs is 2. The SMILES string of the molecule is Cc1cc(C)c(C(=O)C(=O)NCc2ccc3c(c2)CN(C2CCC(=O)NC2=O)C3=O)c(C)c1.O=C1CCC(N2Cc3cc(CNC(=O)C(=O)c4ccccc4F)ccc3C2=O)C(=O)N1. The first-order chi connectivity index (χ1) is 30.5. The Labute approximate surface area is 365 Å². The van der Waals surface area contributed by atoms with E-state index in [4.69, 9.17) is 0 Å². The molecule has 328 valence electrons. The van der Waals surface area contributed by atoms with Gasteiger partial charge in [-0.25, -0.2) is 4.39 Å². The van der Waals surface area contributed by atoms with Crippen LogP contribution in [0.2, 0.25) is 0 Å². The lowest BCUT2D eigenvalue weighted by Crippen LogP contribution is -2.52. The standard InChI is InChI=1S/C25H25N3O5.C22H18FN3O5/c1-13-8-14(2)21(15(3)9-13)22(30)24(32)26-11-16-4-5-18-17(10-16)12-28(25(18)33)19-6-7-20(29)27-23(19)31;23-16-4-2-1-3-15(16)19(28)21(30)24-10-12-5-6-14-13(9-12)11-26(22(14)31)17-7-8-18(27)25-20(17)29/h4-5,8-10,19H,6-7,11-12H2,1-3H3,(H,26,32)(H,27,29,31);1-6,9,17H,7-8,10-11H2,(H,24,30)(H,25,27,29). The molecule has 0 radical (unpaired) electrons. The Kier molecular flexibility index (Phi) is 12.7. The maximum atomic E-state index is 13.7. The highest BCUT2D eigenvalue weighted by atomic mass is 19.1. The minimum absolute atomic E-state index is 0.0128. The summed E-state index contributed by atoms with van der Waals surface area (Å²) >= 11 is 0. The van der Waals surface area contributed by atoms with Crippen LogP contribution < -0.4 is 21.3 Å². The van der Waals surface area contributed by atoms with Gasteiger partial charge in [0.2, 0.25) is 23.6 Å². The summed E-state index contributed by atoms with van der Waals surface area (Å²) in [5.41, 5.74) is 6.41. The second-order valence-electron chi connectivity index (χ2n) is 16.1. The van der Waals surface area contributed by atoms with Gasteiger partial charge >= 0.3 is 0 Å². The van der Waals surface area contributed by atoms with E-state index < -0.39 is 53.1 Å². The number of rotatable bonds is 10. The zero-order chi connectivity index (χ0) is 46.0. The van der Waals surface area contributed by atoms with Gasteiger partial charge in [0, 0.05) is 55.7 Å². The lowest BCUT2D eigenvalue weighted by atomic mass is 9.96. The summed E-state index contributed by atoms with van der Waals surface area (Å²) in [6, 6.07) is 17.7. The van der Waals surface area contributed by atoms with E-state index in [0.717, 1.165) is 33.9 Å². The Morgan fingerprint density at radius 3 is 1.53 bits per heavy atom. The van der Waals surface area contributed by atoms with Crippen LogP contribution in [0.5, 0.6) is 0 Å². The van der Waals surface area contributed by atoms with Crippen molar-refractivity contribution in [1.29, 1.82) is 0 Å². The number of benzene rings is 4. The fourth-order valence-electron chi connectivity index (χ4n) is 8.42. The maximum Gasteiger partial charge on any atom is 0.292 e. The number of hydrogen-bond donors (Lipinski definition) is 4. The molecule has 4 aliphatic rings. The van der Waals surface area contributed by atoms with Crippen molar-refractivity contribution in [2.45, 2.75) is 84.7 Å². The van der Waals surface area contributed by atoms with Gasteiger partial charge in [-0.2, -0.15) is 0 Å².